The molecule has 3 aromatic rings. The molecule has 0 N–H and O–H groups in total. The summed E-state index contributed by atoms with van der Waals surface area (Å²) in [7, 11) is 3.15. The van der Waals surface area contributed by atoms with E-state index >= 15 is 0 Å². The number of fused-ring (bicyclic) bond motifs is 1. The van der Waals surface area contributed by atoms with E-state index in [0.717, 1.165) is 11.1 Å². The number of hydrogen-bond acceptors (Lipinski definition) is 8. The van der Waals surface area contributed by atoms with Crippen molar-refractivity contribution in [3.8, 4) is 17.2 Å². The average Bonchev–Trinajstić information content (AvgIpc) is 3.21. The van der Waals surface area contributed by atoms with Crippen LogP contribution in [-0.2, 0) is 9.53 Å². The Kier molecular flexibility index (Phi) is 7.93. The molecular weight excluding hydrogens is 492 g/mol. The third-order valence-corrected chi connectivity index (χ3v) is 6.77. The third kappa shape index (κ3) is 5.22. The fraction of sp³-hybridized carbons (Fsp3) is 0.250. The molecule has 0 aliphatic carbocycles. The Hall–Kier alpha value is -4.11. The molecule has 192 valence electrons. The maximum Gasteiger partial charge on any atom is 0.338 e. The van der Waals surface area contributed by atoms with Gasteiger partial charge in [-0.3, -0.25) is 9.36 Å². The lowest BCUT2D eigenvalue weighted by atomic mass is 9.96. The zero-order valence-corrected chi connectivity index (χ0v) is 22.0. The van der Waals surface area contributed by atoms with Crippen LogP contribution in [0, 0.1) is 0 Å². The maximum atomic E-state index is 13.7. The van der Waals surface area contributed by atoms with Gasteiger partial charge in [0.2, 0.25) is 0 Å². The minimum absolute atomic E-state index is 0.0505. The van der Waals surface area contributed by atoms with Gasteiger partial charge in [-0.2, -0.15) is 0 Å². The van der Waals surface area contributed by atoms with E-state index in [1.807, 2.05) is 37.3 Å². The SMILES string of the molecule is C=CCOC(=O)C1=C(C)N=c2s/c(=C/c3ccc(OCC)c(OC)c3)c(=O)n2[C@H]1c1ccc(OC)cc1. The van der Waals surface area contributed by atoms with Crippen molar-refractivity contribution in [2.75, 3.05) is 27.4 Å². The number of hydrogen-bond donors (Lipinski definition) is 0. The molecule has 2 heterocycles. The largest absolute Gasteiger partial charge is 0.497 e. The zero-order valence-electron chi connectivity index (χ0n) is 21.1. The first-order valence-electron chi connectivity index (χ1n) is 11.7. The van der Waals surface area contributed by atoms with E-state index in [2.05, 4.69) is 11.6 Å². The maximum absolute atomic E-state index is 13.7. The Morgan fingerprint density at radius 2 is 1.89 bits per heavy atom. The number of carbonyl (C=O) groups is 1. The van der Waals surface area contributed by atoms with Crippen LogP contribution < -0.4 is 29.1 Å². The molecule has 1 aliphatic heterocycles. The molecule has 0 bridgehead atoms. The second-order valence-electron chi connectivity index (χ2n) is 8.09. The van der Waals surface area contributed by atoms with Gasteiger partial charge >= 0.3 is 5.97 Å². The molecule has 0 saturated heterocycles. The molecule has 0 saturated carbocycles. The fourth-order valence-corrected chi connectivity index (χ4v) is 5.14. The summed E-state index contributed by atoms with van der Waals surface area (Å²) in [5.41, 5.74) is 2.03. The van der Waals surface area contributed by atoms with Gasteiger partial charge in [-0.1, -0.05) is 42.2 Å². The van der Waals surface area contributed by atoms with Gasteiger partial charge in [-0.15, -0.1) is 0 Å². The minimum atomic E-state index is -0.712. The second-order valence-corrected chi connectivity index (χ2v) is 9.09. The van der Waals surface area contributed by atoms with Crippen LogP contribution in [0.15, 0.2) is 76.2 Å². The summed E-state index contributed by atoms with van der Waals surface area (Å²) >= 11 is 1.26. The molecule has 1 aromatic heterocycles. The number of aromatic nitrogens is 1. The summed E-state index contributed by atoms with van der Waals surface area (Å²) in [6, 6.07) is 12.0. The molecule has 4 rings (SSSR count). The second kappa shape index (κ2) is 11.3. The lowest BCUT2D eigenvalue weighted by Gasteiger charge is -2.24. The number of esters is 1. The van der Waals surface area contributed by atoms with Crippen molar-refractivity contribution in [1.29, 1.82) is 0 Å². The van der Waals surface area contributed by atoms with Crippen molar-refractivity contribution in [1.82, 2.24) is 4.57 Å². The number of carbonyl (C=O) groups excluding carboxylic acids is 1. The quantitative estimate of drug-likeness (QED) is 0.318. The number of allylic oxidation sites excluding steroid dienone is 1. The van der Waals surface area contributed by atoms with E-state index in [4.69, 9.17) is 18.9 Å². The van der Waals surface area contributed by atoms with Crippen LogP contribution in [0.25, 0.3) is 6.08 Å². The van der Waals surface area contributed by atoms with Gasteiger partial charge in [0.1, 0.15) is 12.4 Å². The van der Waals surface area contributed by atoms with Crippen LogP contribution in [0.4, 0.5) is 0 Å². The van der Waals surface area contributed by atoms with Crippen molar-refractivity contribution in [2.24, 2.45) is 4.99 Å². The number of benzene rings is 2. The van der Waals surface area contributed by atoms with Crippen molar-refractivity contribution < 1.29 is 23.7 Å². The molecule has 0 unspecified atom stereocenters. The molecule has 1 aliphatic rings. The monoisotopic (exact) mass is 520 g/mol. The van der Waals surface area contributed by atoms with Gasteiger partial charge < -0.3 is 18.9 Å². The first kappa shape index (κ1) is 26.0. The molecule has 0 fully saturated rings. The standard InChI is InChI=1S/C28H28N2O6S/c1-6-14-36-27(32)24-17(3)29-28-30(25(24)19-9-11-20(33-4)12-10-19)26(31)23(37-28)16-18-8-13-21(35-7-2)22(15-18)34-5/h6,8-13,15-16,25H,1,7,14H2,2-5H3/b23-16+/t25-/m0/s1. The Labute approximate surface area is 218 Å². The first-order chi connectivity index (χ1) is 17.9. The van der Waals surface area contributed by atoms with Gasteiger partial charge in [0.15, 0.2) is 16.3 Å². The lowest BCUT2D eigenvalue weighted by molar-refractivity contribution is -0.138. The molecular formula is C28H28N2O6S. The smallest absolute Gasteiger partial charge is 0.338 e. The minimum Gasteiger partial charge on any atom is -0.497 e. The molecule has 0 spiro atoms. The predicted octanol–water partition coefficient (Wildman–Crippen LogP) is 3.38. The molecule has 8 nitrogen and oxygen atoms in total. The molecule has 0 amide bonds. The summed E-state index contributed by atoms with van der Waals surface area (Å²) in [5, 5.41) is 0. The topological polar surface area (TPSA) is 88.4 Å². The van der Waals surface area contributed by atoms with Gasteiger partial charge in [0.25, 0.3) is 5.56 Å². The fourth-order valence-electron chi connectivity index (χ4n) is 4.10. The Balaban J connectivity index is 1.88. The summed E-state index contributed by atoms with van der Waals surface area (Å²) in [6.45, 7) is 7.82. The highest BCUT2D eigenvalue weighted by atomic mass is 32.1. The van der Waals surface area contributed by atoms with Crippen LogP contribution in [0.2, 0.25) is 0 Å². The van der Waals surface area contributed by atoms with E-state index in [1.54, 1.807) is 43.9 Å². The van der Waals surface area contributed by atoms with E-state index in [1.165, 1.54) is 17.4 Å². The highest BCUT2D eigenvalue weighted by molar-refractivity contribution is 7.07. The Morgan fingerprint density at radius 3 is 2.54 bits per heavy atom. The molecule has 1 atom stereocenters. The van der Waals surface area contributed by atoms with E-state index in [-0.39, 0.29) is 12.2 Å². The van der Waals surface area contributed by atoms with E-state index in [9.17, 15) is 9.59 Å². The summed E-state index contributed by atoms with van der Waals surface area (Å²) in [5.74, 6) is 1.31. The normalized spacial score (nSPS) is 15.0. The Morgan fingerprint density at radius 1 is 1.14 bits per heavy atom. The number of ether oxygens (including phenoxy) is 4. The van der Waals surface area contributed by atoms with Gasteiger partial charge in [-0.05, 0) is 55.3 Å². The van der Waals surface area contributed by atoms with Crippen LogP contribution in [0.1, 0.15) is 31.0 Å². The number of methoxy groups -OCH3 is 2. The molecule has 2 aromatic carbocycles. The number of nitrogens with zero attached hydrogens (tertiary/aromatic N) is 2. The average molecular weight is 521 g/mol. The van der Waals surface area contributed by atoms with E-state index < -0.39 is 12.0 Å². The number of rotatable bonds is 9. The van der Waals surface area contributed by atoms with Gasteiger partial charge in [0.05, 0.1) is 42.7 Å². The van der Waals surface area contributed by atoms with E-state index in [0.29, 0.717) is 44.5 Å². The summed E-state index contributed by atoms with van der Waals surface area (Å²) in [4.78, 5) is 31.9. The van der Waals surface area contributed by atoms with Crippen molar-refractivity contribution in [3.63, 3.8) is 0 Å². The van der Waals surface area contributed by atoms with Gasteiger partial charge in [-0.25, -0.2) is 9.79 Å². The first-order valence-corrected chi connectivity index (χ1v) is 12.5. The summed E-state index contributed by atoms with van der Waals surface area (Å²) < 4.78 is 23.7. The molecule has 9 heteroatoms. The highest BCUT2D eigenvalue weighted by Gasteiger charge is 2.33. The summed E-state index contributed by atoms with van der Waals surface area (Å²) in [6.07, 6.45) is 3.28. The number of thiazole rings is 1. The van der Waals surface area contributed by atoms with Crippen molar-refractivity contribution in [3.05, 3.63) is 97.2 Å². The van der Waals surface area contributed by atoms with Crippen LogP contribution >= 0.6 is 11.3 Å². The van der Waals surface area contributed by atoms with Crippen LogP contribution in [-0.4, -0.2) is 38.0 Å². The van der Waals surface area contributed by atoms with Gasteiger partial charge in [0, 0.05) is 0 Å². The lowest BCUT2D eigenvalue weighted by Crippen LogP contribution is -2.39. The zero-order chi connectivity index (χ0) is 26.5. The van der Waals surface area contributed by atoms with Crippen molar-refractivity contribution in [2.45, 2.75) is 19.9 Å². The predicted molar refractivity (Wildman–Crippen MR) is 142 cm³/mol. The van der Waals surface area contributed by atoms with Crippen LogP contribution in [0.5, 0.6) is 17.2 Å². The third-order valence-electron chi connectivity index (χ3n) is 5.79. The van der Waals surface area contributed by atoms with Crippen molar-refractivity contribution >= 4 is 23.4 Å². The molecule has 37 heavy (non-hydrogen) atoms. The Bertz CT molecular complexity index is 1530. The van der Waals surface area contributed by atoms with Crippen LogP contribution in [0.3, 0.4) is 0 Å². The highest BCUT2D eigenvalue weighted by Crippen LogP contribution is 2.32. The molecule has 0 radical (unpaired) electrons.